The number of hydrogen-bond acceptors (Lipinski definition) is 0. The lowest BCUT2D eigenvalue weighted by Crippen LogP contribution is -2.18. The van der Waals surface area contributed by atoms with Crippen LogP contribution in [0.2, 0.25) is 0 Å². The van der Waals surface area contributed by atoms with Gasteiger partial charge in [-0.3, -0.25) is 0 Å². The van der Waals surface area contributed by atoms with Crippen LogP contribution in [0.5, 0.6) is 0 Å². The van der Waals surface area contributed by atoms with Crippen molar-refractivity contribution in [3.8, 4) is 0 Å². The molecule has 0 aliphatic carbocycles. The molecule has 0 aromatic rings. The summed E-state index contributed by atoms with van der Waals surface area (Å²) in [4.78, 5) is 0. The van der Waals surface area contributed by atoms with Crippen LogP contribution in [0.1, 0.15) is 54.9 Å². The molecule has 0 amide bonds. The highest BCUT2D eigenvalue weighted by Crippen LogP contribution is 2.31. The van der Waals surface area contributed by atoms with Crippen molar-refractivity contribution in [3.63, 3.8) is 0 Å². The van der Waals surface area contributed by atoms with E-state index >= 15 is 0 Å². The SMILES string of the molecule is C=C(CC)C(C)C(C)(C)C.CC. The quantitative estimate of drug-likeness (QED) is 0.529. The van der Waals surface area contributed by atoms with Gasteiger partial charge in [0.2, 0.25) is 0 Å². The van der Waals surface area contributed by atoms with E-state index in [-0.39, 0.29) is 0 Å². The number of rotatable bonds is 2. The first-order chi connectivity index (χ1) is 5.39. The molecule has 0 saturated carbocycles. The zero-order chi connectivity index (χ0) is 10.4. The number of allylic oxidation sites excluding steroid dienone is 1. The first-order valence-electron chi connectivity index (χ1n) is 5.07. The molecule has 0 N–H and O–H groups in total. The fourth-order valence-corrected chi connectivity index (χ4v) is 0.919. The van der Waals surface area contributed by atoms with Crippen LogP contribution in [0.3, 0.4) is 0 Å². The summed E-state index contributed by atoms with van der Waals surface area (Å²) in [6.07, 6.45) is 1.11. The lowest BCUT2D eigenvalue weighted by Gasteiger charge is -2.28. The van der Waals surface area contributed by atoms with Crippen molar-refractivity contribution in [1.82, 2.24) is 0 Å². The van der Waals surface area contributed by atoms with E-state index < -0.39 is 0 Å². The Morgan fingerprint density at radius 1 is 1.25 bits per heavy atom. The highest BCUT2D eigenvalue weighted by atomic mass is 14.3. The third-order valence-electron chi connectivity index (χ3n) is 2.37. The summed E-state index contributed by atoms with van der Waals surface area (Å²) in [5.74, 6) is 0.637. The van der Waals surface area contributed by atoms with Crippen LogP contribution >= 0.6 is 0 Å². The van der Waals surface area contributed by atoms with E-state index in [9.17, 15) is 0 Å². The third-order valence-corrected chi connectivity index (χ3v) is 2.37. The molecule has 0 saturated heterocycles. The Kier molecular flexibility index (Phi) is 7.47. The molecule has 12 heavy (non-hydrogen) atoms. The van der Waals surface area contributed by atoms with Gasteiger partial charge in [-0.1, -0.05) is 60.6 Å². The lowest BCUT2D eigenvalue weighted by atomic mass is 9.77. The second kappa shape index (κ2) is 6.28. The summed E-state index contributed by atoms with van der Waals surface area (Å²) in [5, 5.41) is 0. The van der Waals surface area contributed by atoms with Gasteiger partial charge in [0.15, 0.2) is 0 Å². The van der Waals surface area contributed by atoms with Gasteiger partial charge < -0.3 is 0 Å². The molecule has 1 atom stereocenters. The average molecular weight is 170 g/mol. The molecular weight excluding hydrogens is 144 g/mol. The molecule has 1 unspecified atom stereocenters. The van der Waals surface area contributed by atoms with Crippen LogP contribution in [0.15, 0.2) is 12.2 Å². The van der Waals surface area contributed by atoms with Crippen molar-refractivity contribution >= 4 is 0 Å². The molecule has 0 aromatic carbocycles. The Morgan fingerprint density at radius 2 is 1.58 bits per heavy atom. The molecule has 0 bridgehead atoms. The van der Waals surface area contributed by atoms with E-state index in [1.165, 1.54) is 5.57 Å². The molecular formula is C12H26. The minimum Gasteiger partial charge on any atom is -0.0996 e. The predicted molar refractivity (Wildman–Crippen MR) is 59.4 cm³/mol. The van der Waals surface area contributed by atoms with Gasteiger partial charge in [-0.2, -0.15) is 0 Å². The average Bonchev–Trinajstić information content (AvgIpc) is 2.04. The van der Waals surface area contributed by atoms with Gasteiger partial charge in [0, 0.05) is 0 Å². The summed E-state index contributed by atoms with van der Waals surface area (Å²) in [5.41, 5.74) is 1.75. The van der Waals surface area contributed by atoms with E-state index in [0.29, 0.717) is 11.3 Å². The van der Waals surface area contributed by atoms with Gasteiger partial charge in [0.05, 0.1) is 0 Å². The van der Waals surface area contributed by atoms with Crippen molar-refractivity contribution in [1.29, 1.82) is 0 Å². The molecule has 0 nitrogen and oxygen atoms in total. The van der Waals surface area contributed by atoms with Crippen LogP contribution in [0.4, 0.5) is 0 Å². The summed E-state index contributed by atoms with van der Waals surface area (Å²) in [7, 11) is 0. The zero-order valence-electron chi connectivity index (χ0n) is 9.99. The van der Waals surface area contributed by atoms with E-state index in [0.717, 1.165) is 6.42 Å². The van der Waals surface area contributed by atoms with Crippen molar-refractivity contribution in [2.45, 2.75) is 54.9 Å². The molecule has 0 spiro atoms. The monoisotopic (exact) mass is 170 g/mol. The Balaban J connectivity index is 0. The molecule has 0 aliphatic heterocycles. The van der Waals surface area contributed by atoms with E-state index in [4.69, 9.17) is 0 Å². The molecule has 0 radical (unpaired) electrons. The smallest absolute Gasteiger partial charge is 0.0186 e. The van der Waals surface area contributed by atoms with Gasteiger partial charge in [-0.05, 0) is 17.8 Å². The second-order valence-corrected chi connectivity index (χ2v) is 4.10. The standard InChI is InChI=1S/C10H20.C2H6/c1-7-8(2)9(3)10(4,5)6;1-2/h9H,2,7H2,1,3-6H3;1-2H3. The van der Waals surface area contributed by atoms with E-state index in [1.54, 1.807) is 0 Å². The second-order valence-electron chi connectivity index (χ2n) is 4.10. The highest BCUT2D eigenvalue weighted by molar-refractivity contribution is 5.01. The minimum atomic E-state index is 0.382. The normalized spacial score (nSPS) is 12.9. The van der Waals surface area contributed by atoms with Gasteiger partial charge in [-0.25, -0.2) is 0 Å². The molecule has 0 heterocycles. The molecule has 0 aromatic heterocycles. The lowest BCUT2D eigenvalue weighted by molar-refractivity contribution is 0.297. The molecule has 0 aliphatic rings. The zero-order valence-corrected chi connectivity index (χ0v) is 9.99. The molecule has 0 heteroatoms. The van der Waals surface area contributed by atoms with Crippen molar-refractivity contribution in [2.24, 2.45) is 11.3 Å². The summed E-state index contributed by atoms with van der Waals surface area (Å²) >= 11 is 0. The predicted octanol–water partition coefficient (Wildman–Crippen LogP) is 4.66. The minimum absolute atomic E-state index is 0.382. The maximum atomic E-state index is 4.04. The summed E-state index contributed by atoms with van der Waals surface area (Å²) in [6.45, 7) is 19.3. The van der Waals surface area contributed by atoms with Gasteiger partial charge >= 0.3 is 0 Å². The van der Waals surface area contributed by atoms with Crippen LogP contribution in [0, 0.1) is 11.3 Å². The van der Waals surface area contributed by atoms with E-state index in [1.807, 2.05) is 13.8 Å². The van der Waals surface area contributed by atoms with Crippen molar-refractivity contribution in [2.75, 3.05) is 0 Å². The van der Waals surface area contributed by atoms with Crippen LogP contribution in [0.25, 0.3) is 0 Å². The highest BCUT2D eigenvalue weighted by Gasteiger charge is 2.20. The largest absolute Gasteiger partial charge is 0.0996 e. The fourth-order valence-electron chi connectivity index (χ4n) is 0.919. The fraction of sp³-hybridized carbons (Fsp3) is 0.833. The first kappa shape index (κ1) is 14.3. The van der Waals surface area contributed by atoms with Crippen molar-refractivity contribution < 1.29 is 0 Å². The first-order valence-corrected chi connectivity index (χ1v) is 5.07. The van der Waals surface area contributed by atoms with E-state index in [2.05, 4.69) is 41.2 Å². The Morgan fingerprint density at radius 3 is 1.67 bits per heavy atom. The van der Waals surface area contributed by atoms with Crippen LogP contribution < -0.4 is 0 Å². The maximum absolute atomic E-state index is 4.04. The number of hydrogen-bond donors (Lipinski definition) is 0. The van der Waals surface area contributed by atoms with Crippen LogP contribution in [-0.4, -0.2) is 0 Å². The Bertz CT molecular complexity index is 114. The van der Waals surface area contributed by atoms with Gasteiger partial charge in [0.25, 0.3) is 0 Å². The Hall–Kier alpha value is -0.260. The molecule has 0 rings (SSSR count). The molecule has 74 valence electrons. The maximum Gasteiger partial charge on any atom is -0.0186 e. The van der Waals surface area contributed by atoms with Crippen molar-refractivity contribution in [3.05, 3.63) is 12.2 Å². The van der Waals surface area contributed by atoms with Gasteiger partial charge in [0.1, 0.15) is 0 Å². The van der Waals surface area contributed by atoms with Crippen LogP contribution in [-0.2, 0) is 0 Å². The van der Waals surface area contributed by atoms with Gasteiger partial charge in [-0.15, -0.1) is 0 Å². The topological polar surface area (TPSA) is 0 Å². The molecule has 0 fully saturated rings. The Labute approximate surface area is 79.1 Å². The third kappa shape index (κ3) is 5.40. The summed E-state index contributed by atoms with van der Waals surface area (Å²) < 4.78 is 0. The summed E-state index contributed by atoms with van der Waals surface area (Å²) in [6, 6.07) is 0.